The first-order valence-electron chi connectivity index (χ1n) is 5.15. The summed E-state index contributed by atoms with van der Waals surface area (Å²) >= 11 is 3.19. The van der Waals surface area contributed by atoms with Crippen LogP contribution in [-0.2, 0) is 16.1 Å². The molecule has 1 aromatic rings. The number of nitrogens with zero attached hydrogens (tertiary/aromatic N) is 1. The third-order valence-corrected chi connectivity index (χ3v) is 2.81. The third kappa shape index (κ3) is 4.72. The second-order valence-electron chi connectivity index (χ2n) is 3.86. The summed E-state index contributed by atoms with van der Waals surface area (Å²) in [5, 5.41) is 9.36. The first-order chi connectivity index (χ1) is 8.38. The largest absolute Gasteiger partial charge is 0.507 e. The summed E-state index contributed by atoms with van der Waals surface area (Å²) in [7, 11) is 0. The average molecular weight is 316 g/mol. The molecule has 98 valence electrons. The third-order valence-electron chi connectivity index (χ3n) is 2.18. The van der Waals surface area contributed by atoms with Gasteiger partial charge in [0.25, 0.3) is 0 Å². The van der Waals surface area contributed by atoms with Crippen molar-refractivity contribution >= 4 is 27.7 Å². The number of carbonyl (C=O) groups is 2. The van der Waals surface area contributed by atoms with Gasteiger partial charge in [-0.3, -0.25) is 14.5 Å². The molecule has 6 nitrogen and oxygen atoms in total. The Kier molecular flexibility index (Phi) is 5.11. The summed E-state index contributed by atoms with van der Waals surface area (Å²) in [6.45, 7) is 0.230. The quantitative estimate of drug-likeness (QED) is 0.682. The second-order valence-corrected chi connectivity index (χ2v) is 4.72. The fourth-order valence-corrected chi connectivity index (χ4v) is 1.94. The van der Waals surface area contributed by atoms with Crippen molar-refractivity contribution in [1.82, 2.24) is 4.90 Å². The highest BCUT2D eigenvalue weighted by Gasteiger charge is 2.12. The minimum atomic E-state index is -0.533. The van der Waals surface area contributed by atoms with Crippen LogP contribution >= 0.6 is 15.9 Å². The Bertz CT molecular complexity index is 449. The highest BCUT2D eigenvalue weighted by molar-refractivity contribution is 9.10. The van der Waals surface area contributed by atoms with Crippen LogP contribution in [-0.4, -0.2) is 34.9 Å². The topological polar surface area (TPSA) is 110 Å². The van der Waals surface area contributed by atoms with E-state index in [0.717, 1.165) is 5.56 Å². The number of phenolic OH excluding ortho intramolecular Hbond substituents is 1. The smallest absolute Gasteiger partial charge is 0.231 e. The van der Waals surface area contributed by atoms with Crippen LogP contribution in [0.2, 0.25) is 0 Å². The molecule has 2 amide bonds. The van der Waals surface area contributed by atoms with Crippen molar-refractivity contribution in [2.24, 2.45) is 11.5 Å². The Morgan fingerprint density at radius 2 is 1.78 bits per heavy atom. The summed E-state index contributed by atoms with van der Waals surface area (Å²) in [5.41, 5.74) is 11.0. The maximum Gasteiger partial charge on any atom is 0.231 e. The summed E-state index contributed by atoms with van der Waals surface area (Å²) in [5.74, 6) is -0.946. The number of halogens is 1. The SMILES string of the molecule is NC(=O)CN(CC(N)=O)Cc1ccc(O)c(Br)c1. The van der Waals surface area contributed by atoms with Crippen molar-refractivity contribution in [3.8, 4) is 5.75 Å². The molecule has 0 spiro atoms. The van der Waals surface area contributed by atoms with Gasteiger partial charge in [-0.15, -0.1) is 0 Å². The van der Waals surface area contributed by atoms with Crippen molar-refractivity contribution in [2.75, 3.05) is 13.1 Å². The molecule has 0 aliphatic heterocycles. The molecule has 0 aliphatic carbocycles. The van der Waals surface area contributed by atoms with E-state index in [1.54, 1.807) is 12.1 Å². The van der Waals surface area contributed by atoms with E-state index in [9.17, 15) is 14.7 Å². The minimum absolute atomic E-state index is 0.0541. The minimum Gasteiger partial charge on any atom is -0.507 e. The van der Waals surface area contributed by atoms with Gasteiger partial charge in [-0.2, -0.15) is 0 Å². The van der Waals surface area contributed by atoms with E-state index >= 15 is 0 Å². The molecule has 1 rings (SSSR count). The molecule has 0 radical (unpaired) electrons. The Morgan fingerprint density at radius 1 is 1.22 bits per heavy atom. The molecule has 0 fully saturated rings. The van der Waals surface area contributed by atoms with Crippen LogP contribution in [0, 0.1) is 0 Å². The summed E-state index contributed by atoms with van der Waals surface area (Å²) in [6, 6.07) is 4.91. The van der Waals surface area contributed by atoms with Gasteiger partial charge in [0.2, 0.25) is 11.8 Å². The van der Waals surface area contributed by atoms with Crippen LogP contribution in [0.15, 0.2) is 22.7 Å². The number of carbonyl (C=O) groups excluding carboxylic acids is 2. The molecule has 0 saturated carbocycles. The fourth-order valence-electron chi connectivity index (χ4n) is 1.52. The number of phenols is 1. The molecular formula is C11H14BrN3O3. The standard InChI is InChI=1S/C11H14BrN3O3/c12-8-3-7(1-2-9(8)16)4-15(5-10(13)17)6-11(14)18/h1-3,16H,4-6H2,(H2,13,17)(H2,14,18). The molecule has 18 heavy (non-hydrogen) atoms. The Hall–Kier alpha value is -1.60. The van der Waals surface area contributed by atoms with E-state index in [-0.39, 0.29) is 18.8 Å². The van der Waals surface area contributed by atoms with Crippen molar-refractivity contribution in [3.63, 3.8) is 0 Å². The van der Waals surface area contributed by atoms with E-state index in [1.165, 1.54) is 11.0 Å². The second kappa shape index (κ2) is 6.36. The number of benzene rings is 1. The van der Waals surface area contributed by atoms with Gasteiger partial charge >= 0.3 is 0 Å². The Morgan fingerprint density at radius 3 is 2.22 bits per heavy atom. The van der Waals surface area contributed by atoms with Gasteiger partial charge in [-0.25, -0.2) is 0 Å². The lowest BCUT2D eigenvalue weighted by molar-refractivity contribution is -0.122. The van der Waals surface area contributed by atoms with E-state index in [1.807, 2.05) is 0 Å². The number of primary amides is 2. The number of nitrogens with two attached hydrogens (primary N) is 2. The average Bonchev–Trinajstić information content (AvgIpc) is 2.21. The Labute approximate surface area is 113 Å². The molecule has 5 N–H and O–H groups in total. The number of rotatable bonds is 6. The lowest BCUT2D eigenvalue weighted by Crippen LogP contribution is -2.39. The van der Waals surface area contributed by atoms with Crippen molar-refractivity contribution in [2.45, 2.75) is 6.54 Å². The summed E-state index contributed by atoms with van der Waals surface area (Å²) in [4.78, 5) is 23.3. The van der Waals surface area contributed by atoms with Crippen LogP contribution in [0.25, 0.3) is 0 Å². The van der Waals surface area contributed by atoms with Crippen LogP contribution in [0.4, 0.5) is 0 Å². The fraction of sp³-hybridized carbons (Fsp3) is 0.273. The number of hydrogen-bond donors (Lipinski definition) is 3. The van der Waals surface area contributed by atoms with E-state index in [0.29, 0.717) is 11.0 Å². The van der Waals surface area contributed by atoms with Crippen LogP contribution in [0.5, 0.6) is 5.75 Å². The molecule has 7 heteroatoms. The van der Waals surface area contributed by atoms with Gasteiger partial charge in [0.05, 0.1) is 17.6 Å². The van der Waals surface area contributed by atoms with Gasteiger partial charge in [0.15, 0.2) is 0 Å². The number of hydrogen-bond acceptors (Lipinski definition) is 4. The molecule has 0 bridgehead atoms. The molecule has 1 aromatic carbocycles. The van der Waals surface area contributed by atoms with Gasteiger partial charge in [0, 0.05) is 6.54 Å². The van der Waals surface area contributed by atoms with Gasteiger partial charge in [-0.05, 0) is 33.6 Å². The lowest BCUT2D eigenvalue weighted by atomic mass is 10.2. The van der Waals surface area contributed by atoms with Crippen molar-refractivity contribution < 1.29 is 14.7 Å². The van der Waals surface area contributed by atoms with Gasteiger partial charge in [0.1, 0.15) is 5.75 Å². The van der Waals surface area contributed by atoms with E-state index < -0.39 is 11.8 Å². The highest BCUT2D eigenvalue weighted by atomic mass is 79.9. The maximum absolute atomic E-state index is 10.9. The molecule has 0 aromatic heterocycles. The molecule has 0 saturated heterocycles. The highest BCUT2D eigenvalue weighted by Crippen LogP contribution is 2.24. The van der Waals surface area contributed by atoms with Gasteiger partial charge < -0.3 is 16.6 Å². The number of aromatic hydroxyl groups is 1. The lowest BCUT2D eigenvalue weighted by Gasteiger charge is -2.19. The zero-order valence-corrected chi connectivity index (χ0v) is 11.2. The van der Waals surface area contributed by atoms with Crippen molar-refractivity contribution in [1.29, 1.82) is 0 Å². The predicted octanol–water partition coefficient (Wildman–Crippen LogP) is -0.0727. The van der Waals surface area contributed by atoms with E-state index in [4.69, 9.17) is 11.5 Å². The van der Waals surface area contributed by atoms with Crippen molar-refractivity contribution in [3.05, 3.63) is 28.2 Å². The monoisotopic (exact) mass is 315 g/mol. The molecule has 0 atom stereocenters. The normalized spacial score (nSPS) is 10.6. The Balaban J connectivity index is 2.77. The predicted molar refractivity (Wildman–Crippen MR) is 69.5 cm³/mol. The molecule has 0 heterocycles. The first kappa shape index (κ1) is 14.5. The molecule has 0 unspecified atom stereocenters. The van der Waals surface area contributed by atoms with Crippen LogP contribution < -0.4 is 11.5 Å². The van der Waals surface area contributed by atoms with E-state index in [2.05, 4.69) is 15.9 Å². The summed E-state index contributed by atoms with van der Waals surface area (Å²) in [6.07, 6.45) is 0. The van der Waals surface area contributed by atoms with Crippen LogP contribution in [0.3, 0.4) is 0 Å². The summed E-state index contributed by atoms with van der Waals surface area (Å²) < 4.78 is 0.540. The zero-order chi connectivity index (χ0) is 13.7. The molecule has 0 aliphatic rings. The van der Waals surface area contributed by atoms with Crippen LogP contribution in [0.1, 0.15) is 5.56 Å². The molecular weight excluding hydrogens is 302 g/mol. The maximum atomic E-state index is 10.9. The first-order valence-corrected chi connectivity index (χ1v) is 5.94. The van der Waals surface area contributed by atoms with Gasteiger partial charge in [-0.1, -0.05) is 6.07 Å². The zero-order valence-electron chi connectivity index (χ0n) is 9.60. The number of amides is 2.